The van der Waals surface area contributed by atoms with Gasteiger partial charge in [-0.15, -0.1) is 5.10 Å². The summed E-state index contributed by atoms with van der Waals surface area (Å²) in [5.74, 6) is -1.40. The van der Waals surface area contributed by atoms with Crippen LogP contribution in [0.3, 0.4) is 0 Å². The minimum atomic E-state index is -0.753. The first-order valence-corrected chi connectivity index (χ1v) is 10.8. The van der Waals surface area contributed by atoms with E-state index in [4.69, 9.17) is 25.9 Å². The molecule has 3 aromatic rings. The molecule has 0 spiro atoms. The third-order valence-electron chi connectivity index (χ3n) is 5.28. The quantitative estimate of drug-likeness (QED) is 0.456. The van der Waals surface area contributed by atoms with Crippen LogP contribution in [0.15, 0.2) is 40.9 Å². The number of hydrogen-bond acceptors (Lipinski definition) is 8. The van der Waals surface area contributed by atoms with E-state index >= 15 is 0 Å². The first kappa shape index (κ1) is 22.5. The Morgan fingerprint density at radius 3 is 2.64 bits per heavy atom. The molecular formula is C22H22ClN5O5. The van der Waals surface area contributed by atoms with Gasteiger partial charge in [0.25, 0.3) is 0 Å². The second-order valence-electron chi connectivity index (χ2n) is 7.78. The van der Waals surface area contributed by atoms with Gasteiger partial charge in [-0.1, -0.05) is 22.8 Å². The van der Waals surface area contributed by atoms with Crippen molar-refractivity contribution in [1.82, 2.24) is 15.2 Å². The number of anilines is 3. The van der Waals surface area contributed by atoms with Gasteiger partial charge in [0.05, 0.1) is 17.8 Å². The van der Waals surface area contributed by atoms with Crippen molar-refractivity contribution < 1.29 is 23.8 Å². The molecule has 1 fully saturated rings. The van der Waals surface area contributed by atoms with Gasteiger partial charge in [-0.05, 0) is 56.9 Å². The van der Waals surface area contributed by atoms with Crippen LogP contribution in [-0.2, 0) is 4.79 Å². The average molecular weight is 472 g/mol. The SMILES string of the molecule is Cc1cc(NC(=O)c2nnc(Nc3cccc(Cl)c3)o2)cnc1O[C@H]1CC[C@@H](C(=O)O)CC1. The number of halogens is 1. The number of hydrogen-bond donors (Lipinski definition) is 3. The van der Waals surface area contributed by atoms with Crippen molar-refractivity contribution in [3.05, 3.63) is 53.0 Å². The smallest absolute Gasteiger partial charge is 0.320 e. The zero-order chi connectivity index (χ0) is 23.4. The van der Waals surface area contributed by atoms with Gasteiger partial charge in [-0.3, -0.25) is 9.59 Å². The molecule has 0 unspecified atom stereocenters. The molecule has 172 valence electrons. The number of aromatic nitrogens is 3. The summed E-state index contributed by atoms with van der Waals surface area (Å²) in [4.78, 5) is 27.9. The second-order valence-corrected chi connectivity index (χ2v) is 8.21. The number of nitrogens with one attached hydrogen (secondary N) is 2. The van der Waals surface area contributed by atoms with E-state index < -0.39 is 11.9 Å². The lowest BCUT2D eigenvalue weighted by atomic mass is 9.87. The number of pyridine rings is 1. The van der Waals surface area contributed by atoms with Crippen LogP contribution in [0.4, 0.5) is 17.4 Å². The zero-order valence-electron chi connectivity index (χ0n) is 17.7. The zero-order valence-corrected chi connectivity index (χ0v) is 18.5. The van der Waals surface area contributed by atoms with E-state index in [1.807, 2.05) is 6.92 Å². The molecule has 0 aliphatic heterocycles. The van der Waals surface area contributed by atoms with Crippen LogP contribution in [0.25, 0.3) is 0 Å². The number of carboxylic acids is 1. The Labute approximate surface area is 194 Å². The molecule has 0 saturated heterocycles. The van der Waals surface area contributed by atoms with E-state index in [2.05, 4.69) is 25.8 Å². The maximum atomic E-state index is 12.5. The summed E-state index contributed by atoms with van der Waals surface area (Å²) in [5.41, 5.74) is 1.83. The van der Waals surface area contributed by atoms with Gasteiger partial charge in [-0.2, -0.15) is 0 Å². The molecule has 11 heteroatoms. The van der Waals surface area contributed by atoms with Crippen LogP contribution >= 0.6 is 11.6 Å². The summed E-state index contributed by atoms with van der Waals surface area (Å²) < 4.78 is 11.3. The number of ether oxygens (including phenoxy) is 1. The Morgan fingerprint density at radius 1 is 1.15 bits per heavy atom. The Bertz CT molecular complexity index is 1160. The predicted octanol–water partition coefficient (Wildman–Crippen LogP) is 4.44. The third-order valence-corrected chi connectivity index (χ3v) is 5.52. The highest BCUT2D eigenvalue weighted by Gasteiger charge is 2.27. The maximum Gasteiger partial charge on any atom is 0.320 e. The molecule has 1 aliphatic carbocycles. The van der Waals surface area contributed by atoms with Crippen LogP contribution < -0.4 is 15.4 Å². The predicted molar refractivity (Wildman–Crippen MR) is 120 cm³/mol. The van der Waals surface area contributed by atoms with Crippen LogP contribution in [0, 0.1) is 12.8 Å². The number of benzene rings is 1. The molecule has 1 aromatic carbocycles. The molecule has 0 radical (unpaired) electrons. The highest BCUT2D eigenvalue weighted by atomic mass is 35.5. The highest BCUT2D eigenvalue weighted by Crippen LogP contribution is 2.29. The summed E-state index contributed by atoms with van der Waals surface area (Å²) in [6, 6.07) is 8.73. The van der Waals surface area contributed by atoms with E-state index in [0.717, 1.165) is 5.56 Å². The van der Waals surface area contributed by atoms with Gasteiger partial charge in [-0.25, -0.2) is 4.98 Å². The van der Waals surface area contributed by atoms with E-state index in [1.165, 1.54) is 6.20 Å². The Kier molecular flexibility index (Phi) is 6.74. The molecule has 33 heavy (non-hydrogen) atoms. The van der Waals surface area contributed by atoms with Crippen LogP contribution in [-0.4, -0.2) is 38.3 Å². The topological polar surface area (TPSA) is 139 Å². The van der Waals surface area contributed by atoms with Gasteiger partial charge < -0.3 is 24.9 Å². The average Bonchev–Trinajstić information content (AvgIpc) is 3.25. The summed E-state index contributed by atoms with van der Waals surface area (Å²) in [6.07, 6.45) is 3.91. The maximum absolute atomic E-state index is 12.5. The molecule has 1 aliphatic rings. The third kappa shape index (κ3) is 5.78. The van der Waals surface area contributed by atoms with Crippen molar-refractivity contribution in [3.63, 3.8) is 0 Å². The molecule has 0 bridgehead atoms. The van der Waals surface area contributed by atoms with Gasteiger partial charge in [0.15, 0.2) is 0 Å². The lowest BCUT2D eigenvalue weighted by Gasteiger charge is -2.26. The van der Waals surface area contributed by atoms with Crippen molar-refractivity contribution in [2.24, 2.45) is 5.92 Å². The minimum Gasteiger partial charge on any atom is -0.481 e. The number of aryl methyl sites for hydroxylation is 1. The van der Waals surface area contributed by atoms with Crippen LogP contribution in [0.1, 0.15) is 41.9 Å². The second kappa shape index (κ2) is 9.86. The van der Waals surface area contributed by atoms with Gasteiger partial charge >= 0.3 is 23.8 Å². The monoisotopic (exact) mass is 471 g/mol. The van der Waals surface area contributed by atoms with Crippen LogP contribution in [0.5, 0.6) is 5.88 Å². The van der Waals surface area contributed by atoms with Crippen LogP contribution in [0.2, 0.25) is 5.02 Å². The van der Waals surface area contributed by atoms with E-state index in [9.17, 15) is 9.59 Å². The van der Waals surface area contributed by atoms with Crippen molar-refractivity contribution >= 4 is 40.9 Å². The normalized spacial score (nSPS) is 17.9. The molecule has 2 aromatic heterocycles. The number of carboxylic acid groups (broad SMARTS) is 1. The number of rotatable bonds is 7. The molecule has 4 rings (SSSR count). The molecule has 2 heterocycles. The lowest BCUT2D eigenvalue weighted by molar-refractivity contribution is -0.143. The van der Waals surface area contributed by atoms with Gasteiger partial charge in [0.2, 0.25) is 5.88 Å². The van der Waals surface area contributed by atoms with E-state index in [0.29, 0.717) is 48.0 Å². The fourth-order valence-electron chi connectivity index (χ4n) is 3.58. The molecule has 1 saturated carbocycles. The number of nitrogens with zero attached hydrogens (tertiary/aromatic N) is 3. The Balaban J connectivity index is 1.34. The van der Waals surface area contributed by atoms with Crippen molar-refractivity contribution in [2.75, 3.05) is 10.6 Å². The molecule has 0 atom stereocenters. The van der Waals surface area contributed by atoms with Crippen molar-refractivity contribution in [3.8, 4) is 5.88 Å². The number of amides is 1. The Hall–Kier alpha value is -3.66. The fourth-order valence-corrected chi connectivity index (χ4v) is 3.77. The largest absolute Gasteiger partial charge is 0.481 e. The van der Waals surface area contributed by atoms with Gasteiger partial charge in [0, 0.05) is 16.3 Å². The Morgan fingerprint density at radius 2 is 1.94 bits per heavy atom. The number of carbonyl (C=O) groups is 2. The van der Waals surface area contributed by atoms with E-state index in [1.54, 1.807) is 30.3 Å². The first-order valence-electron chi connectivity index (χ1n) is 10.4. The number of carbonyl (C=O) groups excluding carboxylic acids is 1. The summed E-state index contributed by atoms with van der Waals surface area (Å²) in [7, 11) is 0. The minimum absolute atomic E-state index is 0.0538. The van der Waals surface area contributed by atoms with Crippen molar-refractivity contribution in [1.29, 1.82) is 0 Å². The first-order chi connectivity index (χ1) is 15.9. The molecule has 3 N–H and O–H groups in total. The molecular weight excluding hydrogens is 450 g/mol. The fraction of sp³-hybridized carbons (Fsp3) is 0.318. The summed E-state index contributed by atoms with van der Waals surface area (Å²) in [6.45, 7) is 1.82. The van der Waals surface area contributed by atoms with Gasteiger partial charge in [0.1, 0.15) is 6.10 Å². The summed E-state index contributed by atoms with van der Waals surface area (Å²) >= 11 is 5.95. The number of aliphatic carboxylic acids is 1. The molecule has 10 nitrogen and oxygen atoms in total. The lowest BCUT2D eigenvalue weighted by Crippen LogP contribution is -2.28. The molecule has 1 amide bonds. The van der Waals surface area contributed by atoms with E-state index in [-0.39, 0.29) is 23.9 Å². The highest BCUT2D eigenvalue weighted by molar-refractivity contribution is 6.30. The summed E-state index contributed by atoms with van der Waals surface area (Å²) in [5, 5.41) is 22.8. The van der Waals surface area contributed by atoms with Crippen molar-refractivity contribution in [2.45, 2.75) is 38.7 Å². The standard InChI is InChI=1S/C22H22ClN5O5/c1-12-9-16(11-24-19(12)32-17-7-5-13(6-8-17)21(30)31)25-18(29)20-27-28-22(33-20)26-15-4-2-3-14(23)10-15/h2-4,9-11,13,17H,5-8H2,1H3,(H,25,29)(H,26,28)(H,30,31)/t13-,17+.